The van der Waals surface area contributed by atoms with Crippen LogP contribution in [0.3, 0.4) is 0 Å². The molecule has 94 valence electrons. The van der Waals surface area contributed by atoms with Crippen molar-refractivity contribution in [2.75, 3.05) is 0 Å². The van der Waals surface area contributed by atoms with E-state index >= 15 is 0 Å². The maximum atomic E-state index is 9.35. The van der Waals surface area contributed by atoms with E-state index in [1.165, 1.54) is 11.1 Å². The van der Waals surface area contributed by atoms with Gasteiger partial charge >= 0.3 is 0 Å². The van der Waals surface area contributed by atoms with Gasteiger partial charge in [0.05, 0.1) is 0 Å². The summed E-state index contributed by atoms with van der Waals surface area (Å²) in [6.07, 6.45) is 0. The number of hydrogen-bond donors (Lipinski definition) is 2. The predicted octanol–water partition coefficient (Wildman–Crippen LogP) is 3.89. The van der Waals surface area contributed by atoms with Crippen molar-refractivity contribution in [3.8, 4) is 11.5 Å². The summed E-state index contributed by atoms with van der Waals surface area (Å²) in [5, 5.41) is 18.7. The highest BCUT2D eigenvalue weighted by Gasteiger charge is 2.17. The van der Waals surface area contributed by atoms with E-state index in [4.69, 9.17) is 0 Å². The van der Waals surface area contributed by atoms with Gasteiger partial charge in [-0.25, -0.2) is 0 Å². The second-order valence-electron chi connectivity index (χ2n) is 4.90. The molecule has 0 radical (unpaired) electrons. The van der Waals surface area contributed by atoms with E-state index in [1.54, 1.807) is 24.3 Å². The number of benzene rings is 2. The molecule has 2 heteroatoms. The van der Waals surface area contributed by atoms with Gasteiger partial charge in [0, 0.05) is 5.92 Å². The lowest BCUT2D eigenvalue weighted by Crippen LogP contribution is -2.08. The minimum atomic E-state index is 0.270. The van der Waals surface area contributed by atoms with E-state index < -0.39 is 0 Å². The van der Waals surface area contributed by atoms with Gasteiger partial charge in [0.1, 0.15) is 11.5 Å². The van der Waals surface area contributed by atoms with Crippen LogP contribution in [0.4, 0.5) is 0 Å². The van der Waals surface area contributed by atoms with Gasteiger partial charge in [-0.2, -0.15) is 0 Å². The van der Waals surface area contributed by atoms with Gasteiger partial charge in [0.2, 0.25) is 0 Å². The smallest absolute Gasteiger partial charge is 0.115 e. The van der Waals surface area contributed by atoms with Crippen molar-refractivity contribution >= 4 is 0 Å². The molecule has 2 nitrogen and oxygen atoms in total. The summed E-state index contributed by atoms with van der Waals surface area (Å²) >= 11 is 0. The molecule has 0 atom stereocenters. The molecule has 2 aromatic carbocycles. The summed E-state index contributed by atoms with van der Waals surface area (Å²) in [4.78, 5) is 0. The molecule has 2 rings (SSSR count). The van der Waals surface area contributed by atoms with Crippen molar-refractivity contribution in [1.29, 1.82) is 0 Å². The second-order valence-corrected chi connectivity index (χ2v) is 4.90. The highest BCUT2D eigenvalue weighted by atomic mass is 16.3. The van der Waals surface area contributed by atoms with Crippen LogP contribution in [0.2, 0.25) is 0 Å². The third-order valence-electron chi connectivity index (χ3n) is 3.17. The van der Waals surface area contributed by atoms with E-state index in [9.17, 15) is 10.2 Å². The highest BCUT2D eigenvalue weighted by molar-refractivity contribution is 5.38. The third kappa shape index (κ3) is 2.65. The molecule has 0 aliphatic carbocycles. The third-order valence-corrected chi connectivity index (χ3v) is 3.17. The molecule has 0 unspecified atom stereocenters. The lowest BCUT2D eigenvalue weighted by atomic mass is 9.82. The number of aromatic hydroxyl groups is 2. The number of phenols is 2. The van der Waals surface area contributed by atoms with E-state index in [-0.39, 0.29) is 17.4 Å². The topological polar surface area (TPSA) is 40.5 Å². The lowest BCUT2D eigenvalue weighted by Gasteiger charge is -2.22. The van der Waals surface area contributed by atoms with Crippen molar-refractivity contribution in [2.45, 2.75) is 19.8 Å². The SMILES string of the molecule is CC(C)C(c1ccc(O)cc1)c1ccc(O)cc1. The van der Waals surface area contributed by atoms with E-state index in [0.29, 0.717) is 5.92 Å². The first kappa shape index (κ1) is 12.5. The summed E-state index contributed by atoms with van der Waals surface area (Å²) in [6, 6.07) is 14.7. The van der Waals surface area contributed by atoms with Gasteiger partial charge in [-0.1, -0.05) is 38.1 Å². The maximum absolute atomic E-state index is 9.35. The number of rotatable bonds is 3. The predicted molar refractivity (Wildman–Crippen MR) is 72.9 cm³/mol. The molecule has 2 aromatic rings. The zero-order valence-electron chi connectivity index (χ0n) is 10.7. The Kier molecular flexibility index (Phi) is 3.56. The molecule has 0 saturated carbocycles. The Labute approximate surface area is 108 Å². The molecular weight excluding hydrogens is 224 g/mol. The van der Waals surface area contributed by atoms with E-state index in [2.05, 4.69) is 13.8 Å². The number of hydrogen-bond acceptors (Lipinski definition) is 2. The summed E-state index contributed by atoms with van der Waals surface area (Å²) in [5.74, 6) is 1.28. The molecule has 0 aliphatic heterocycles. The highest BCUT2D eigenvalue weighted by Crippen LogP contribution is 2.33. The average molecular weight is 242 g/mol. The number of phenolic OH excluding ortho intramolecular Hbond substituents is 2. The van der Waals surface area contributed by atoms with E-state index in [0.717, 1.165) is 0 Å². The Balaban J connectivity index is 2.39. The Morgan fingerprint density at radius 3 is 1.28 bits per heavy atom. The fourth-order valence-corrected chi connectivity index (χ4v) is 2.33. The maximum Gasteiger partial charge on any atom is 0.115 e. The van der Waals surface area contributed by atoms with Crippen molar-refractivity contribution in [1.82, 2.24) is 0 Å². The first-order valence-corrected chi connectivity index (χ1v) is 6.16. The van der Waals surface area contributed by atoms with Crippen LogP contribution in [-0.4, -0.2) is 10.2 Å². The van der Waals surface area contributed by atoms with Crippen LogP contribution < -0.4 is 0 Å². The molecule has 2 N–H and O–H groups in total. The first-order valence-electron chi connectivity index (χ1n) is 6.16. The Morgan fingerprint density at radius 2 is 1.00 bits per heavy atom. The monoisotopic (exact) mass is 242 g/mol. The van der Waals surface area contributed by atoms with Gasteiger partial charge in [0.25, 0.3) is 0 Å². The molecule has 18 heavy (non-hydrogen) atoms. The summed E-state index contributed by atoms with van der Waals surface area (Å²) in [6.45, 7) is 4.34. The minimum absolute atomic E-state index is 0.270. The lowest BCUT2D eigenvalue weighted by molar-refractivity contribution is 0.473. The van der Waals surface area contributed by atoms with Crippen molar-refractivity contribution in [2.24, 2.45) is 5.92 Å². The second kappa shape index (κ2) is 5.13. The molecule has 0 spiro atoms. The van der Waals surface area contributed by atoms with Gasteiger partial charge in [0.15, 0.2) is 0 Å². The van der Waals surface area contributed by atoms with Crippen LogP contribution in [0.15, 0.2) is 48.5 Å². The Bertz CT molecular complexity index is 452. The molecule has 0 saturated heterocycles. The molecular formula is C16H18O2. The van der Waals surface area contributed by atoms with Crippen molar-refractivity contribution < 1.29 is 10.2 Å². The van der Waals surface area contributed by atoms with E-state index in [1.807, 2.05) is 24.3 Å². The zero-order valence-corrected chi connectivity index (χ0v) is 10.7. The van der Waals surface area contributed by atoms with Crippen molar-refractivity contribution in [3.63, 3.8) is 0 Å². The van der Waals surface area contributed by atoms with Gasteiger partial charge < -0.3 is 10.2 Å². The normalized spacial score (nSPS) is 11.1. The first-order chi connectivity index (χ1) is 8.58. The fraction of sp³-hybridized carbons (Fsp3) is 0.250. The van der Waals surface area contributed by atoms with Crippen LogP contribution in [-0.2, 0) is 0 Å². The molecule has 0 aliphatic rings. The average Bonchev–Trinajstić information content (AvgIpc) is 2.34. The molecule has 0 aromatic heterocycles. The molecule has 0 fully saturated rings. The van der Waals surface area contributed by atoms with Gasteiger partial charge in [-0.15, -0.1) is 0 Å². The molecule has 0 amide bonds. The standard InChI is InChI=1S/C16H18O2/c1-11(2)16(12-3-7-14(17)8-4-12)13-5-9-15(18)10-6-13/h3-11,16-18H,1-2H3. The van der Waals surface area contributed by atoms with Gasteiger partial charge in [-0.05, 0) is 41.3 Å². The van der Waals surface area contributed by atoms with Crippen LogP contribution in [0.1, 0.15) is 30.9 Å². The van der Waals surface area contributed by atoms with Crippen molar-refractivity contribution in [3.05, 3.63) is 59.7 Å². The molecule has 0 heterocycles. The summed E-state index contributed by atoms with van der Waals surface area (Å²) < 4.78 is 0. The largest absolute Gasteiger partial charge is 0.508 e. The van der Waals surface area contributed by atoms with Gasteiger partial charge in [-0.3, -0.25) is 0 Å². The minimum Gasteiger partial charge on any atom is -0.508 e. The summed E-state index contributed by atoms with van der Waals surface area (Å²) in [7, 11) is 0. The molecule has 0 bridgehead atoms. The van der Waals surface area contributed by atoms with Crippen LogP contribution >= 0.6 is 0 Å². The zero-order chi connectivity index (χ0) is 13.1. The van der Waals surface area contributed by atoms with Crippen LogP contribution in [0, 0.1) is 5.92 Å². The fourth-order valence-electron chi connectivity index (χ4n) is 2.33. The van der Waals surface area contributed by atoms with Crippen LogP contribution in [0.5, 0.6) is 11.5 Å². The Morgan fingerprint density at radius 1 is 0.667 bits per heavy atom. The quantitative estimate of drug-likeness (QED) is 0.857. The van der Waals surface area contributed by atoms with Crippen LogP contribution in [0.25, 0.3) is 0 Å². The Hall–Kier alpha value is -1.96. The summed E-state index contributed by atoms with van der Waals surface area (Å²) in [5.41, 5.74) is 2.35.